The maximum absolute atomic E-state index is 12.7. The van der Waals surface area contributed by atoms with Crippen molar-refractivity contribution in [2.24, 2.45) is 0 Å². The lowest BCUT2D eigenvalue weighted by Crippen LogP contribution is -2.51. The highest BCUT2D eigenvalue weighted by atomic mass is 32.2. The number of hydrogen-bond acceptors (Lipinski definition) is 7. The summed E-state index contributed by atoms with van der Waals surface area (Å²) in [6.45, 7) is -0.0969. The summed E-state index contributed by atoms with van der Waals surface area (Å²) in [5, 5.41) is 24.9. The molecule has 2 aromatic carbocycles. The fraction of sp³-hybridized carbons (Fsp3) is 0.222. The molecule has 3 aromatic rings. The molecule has 2 N–H and O–H groups in total. The normalized spacial score (nSPS) is 19.1. The average molecular weight is 421 g/mol. The predicted molar refractivity (Wildman–Crippen MR) is 100 cm³/mol. The van der Waals surface area contributed by atoms with Crippen molar-refractivity contribution < 1.29 is 23.1 Å². The van der Waals surface area contributed by atoms with E-state index in [1.54, 1.807) is 24.3 Å². The van der Waals surface area contributed by atoms with E-state index in [9.17, 15) is 23.1 Å². The molecule has 0 bridgehead atoms. The number of para-hydroxylation sites is 1. The first-order valence-corrected chi connectivity index (χ1v) is 9.44. The van der Waals surface area contributed by atoms with Gasteiger partial charge < -0.3 is 10.4 Å². The van der Waals surface area contributed by atoms with Gasteiger partial charge in [0.25, 0.3) is 0 Å². The minimum atomic E-state index is -4.40. The first kappa shape index (κ1) is 19.4. The van der Waals surface area contributed by atoms with Gasteiger partial charge in [-0.2, -0.15) is 18.0 Å². The van der Waals surface area contributed by atoms with Crippen LogP contribution in [0.15, 0.2) is 48.5 Å². The van der Waals surface area contributed by atoms with Crippen LogP contribution >= 0.6 is 11.8 Å². The van der Waals surface area contributed by atoms with Crippen molar-refractivity contribution >= 4 is 28.3 Å². The molecule has 0 radical (unpaired) electrons. The number of anilines is 2. The quantitative estimate of drug-likeness (QED) is 0.654. The fourth-order valence-corrected chi connectivity index (χ4v) is 3.50. The lowest BCUT2D eigenvalue weighted by molar-refractivity contribution is -0.137. The molecule has 0 amide bonds. The molecule has 1 fully saturated rings. The molecule has 1 aliphatic rings. The van der Waals surface area contributed by atoms with Crippen molar-refractivity contribution in [1.29, 1.82) is 0 Å². The molecule has 1 saturated heterocycles. The van der Waals surface area contributed by atoms with Gasteiger partial charge in [0.05, 0.1) is 5.56 Å². The van der Waals surface area contributed by atoms with Crippen LogP contribution in [0.25, 0.3) is 11.4 Å². The molecule has 1 aliphatic heterocycles. The summed E-state index contributed by atoms with van der Waals surface area (Å²) in [6.07, 6.45) is -4.40. The van der Waals surface area contributed by atoms with Gasteiger partial charge in [-0.25, -0.2) is 0 Å². The van der Waals surface area contributed by atoms with Crippen LogP contribution in [0.5, 0.6) is 0 Å². The molecule has 0 aliphatic carbocycles. The summed E-state index contributed by atoms with van der Waals surface area (Å²) in [4.78, 5) is 12.7. The lowest BCUT2D eigenvalue weighted by Gasteiger charge is -2.32. The number of halogens is 3. The van der Waals surface area contributed by atoms with E-state index in [-0.39, 0.29) is 23.2 Å². The van der Waals surface area contributed by atoms with Crippen LogP contribution in [0.2, 0.25) is 0 Å². The van der Waals surface area contributed by atoms with Crippen molar-refractivity contribution in [3.8, 4) is 11.4 Å². The SMILES string of the molecule is O=C1SCC1(O)Cn1nnc(-c2ccccc2Nc2ccc(C(F)(F)F)cc2)n1. The Balaban J connectivity index is 1.55. The minimum Gasteiger partial charge on any atom is -0.378 e. The van der Waals surface area contributed by atoms with E-state index in [4.69, 9.17) is 0 Å². The maximum atomic E-state index is 12.7. The fourth-order valence-electron chi connectivity index (χ4n) is 2.75. The van der Waals surface area contributed by atoms with Crippen LogP contribution in [0, 0.1) is 0 Å². The van der Waals surface area contributed by atoms with Gasteiger partial charge in [-0.1, -0.05) is 23.9 Å². The Hall–Kier alpha value is -2.92. The van der Waals surface area contributed by atoms with Crippen molar-refractivity contribution in [2.45, 2.75) is 18.3 Å². The number of benzene rings is 2. The second-order valence-corrected chi connectivity index (χ2v) is 7.45. The standard InChI is InChI=1S/C18H14F3N5O2S/c19-18(20,21)11-5-7-12(8-6-11)22-14-4-2-1-3-13(14)15-23-25-26(24-15)9-17(28)10-29-16(17)27/h1-8,22,28H,9-10H2. The van der Waals surface area contributed by atoms with E-state index in [2.05, 4.69) is 20.7 Å². The Morgan fingerprint density at radius 1 is 1.17 bits per heavy atom. The molecule has 11 heteroatoms. The van der Waals surface area contributed by atoms with Crippen LogP contribution in [-0.4, -0.2) is 41.8 Å². The molecule has 1 atom stereocenters. The monoisotopic (exact) mass is 421 g/mol. The third kappa shape index (κ3) is 3.96. The second kappa shape index (κ2) is 7.16. The number of carbonyl (C=O) groups is 1. The predicted octanol–water partition coefficient (Wildman–Crippen LogP) is 3.11. The minimum absolute atomic E-state index is 0.0969. The van der Waals surface area contributed by atoms with Crippen molar-refractivity contribution in [3.63, 3.8) is 0 Å². The van der Waals surface area contributed by atoms with Crippen molar-refractivity contribution in [3.05, 3.63) is 54.1 Å². The third-order valence-electron chi connectivity index (χ3n) is 4.34. The Morgan fingerprint density at radius 3 is 2.52 bits per heavy atom. The van der Waals surface area contributed by atoms with E-state index in [0.29, 0.717) is 16.9 Å². The smallest absolute Gasteiger partial charge is 0.378 e. The number of rotatable bonds is 5. The van der Waals surface area contributed by atoms with Crippen molar-refractivity contribution in [1.82, 2.24) is 20.2 Å². The molecular formula is C18H14F3N5O2S. The zero-order valence-corrected chi connectivity index (χ0v) is 15.5. The number of hydrogen-bond donors (Lipinski definition) is 2. The van der Waals surface area contributed by atoms with Gasteiger partial charge >= 0.3 is 6.18 Å². The molecule has 150 valence electrons. The number of tetrazole rings is 1. The van der Waals surface area contributed by atoms with Gasteiger partial charge in [0, 0.05) is 22.7 Å². The zero-order valence-electron chi connectivity index (χ0n) is 14.7. The third-order valence-corrected chi connectivity index (χ3v) is 5.60. The first-order valence-electron chi connectivity index (χ1n) is 8.46. The number of nitrogens with one attached hydrogen (secondary N) is 1. The molecule has 0 saturated carbocycles. The van der Waals surface area contributed by atoms with Gasteiger partial charge in [0.15, 0.2) is 5.60 Å². The number of aliphatic hydroxyl groups is 1. The van der Waals surface area contributed by atoms with Gasteiger partial charge in [0.2, 0.25) is 10.9 Å². The Bertz CT molecular complexity index is 1050. The topological polar surface area (TPSA) is 92.9 Å². The van der Waals surface area contributed by atoms with E-state index < -0.39 is 17.3 Å². The van der Waals surface area contributed by atoms with Crippen LogP contribution in [0.4, 0.5) is 24.5 Å². The van der Waals surface area contributed by atoms with Gasteiger partial charge in [-0.05, 0) is 41.6 Å². The van der Waals surface area contributed by atoms with Crippen LogP contribution < -0.4 is 5.32 Å². The summed E-state index contributed by atoms with van der Waals surface area (Å²) in [5.41, 5.74) is -0.617. The molecule has 0 spiro atoms. The molecule has 29 heavy (non-hydrogen) atoms. The number of nitrogens with zero attached hydrogens (tertiary/aromatic N) is 4. The zero-order chi connectivity index (χ0) is 20.6. The molecule has 4 rings (SSSR count). The molecule has 1 aromatic heterocycles. The number of aromatic nitrogens is 4. The van der Waals surface area contributed by atoms with Crippen LogP contribution in [0.1, 0.15) is 5.56 Å². The maximum Gasteiger partial charge on any atom is 0.416 e. The summed E-state index contributed by atoms with van der Waals surface area (Å²) >= 11 is 1.04. The van der Waals surface area contributed by atoms with Gasteiger partial charge in [-0.3, -0.25) is 4.79 Å². The van der Waals surface area contributed by atoms with Gasteiger partial charge in [0.1, 0.15) is 6.54 Å². The Kier molecular flexibility index (Phi) is 4.79. The summed E-state index contributed by atoms with van der Waals surface area (Å²) in [6, 6.07) is 11.6. The van der Waals surface area contributed by atoms with E-state index >= 15 is 0 Å². The highest BCUT2D eigenvalue weighted by Crippen LogP contribution is 2.34. The molecule has 7 nitrogen and oxygen atoms in total. The molecule has 2 heterocycles. The first-order chi connectivity index (χ1) is 13.7. The lowest BCUT2D eigenvalue weighted by atomic mass is 10.1. The highest BCUT2D eigenvalue weighted by Gasteiger charge is 2.46. The van der Waals surface area contributed by atoms with Crippen LogP contribution in [-0.2, 0) is 17.5 Å². The summed E-state index contributed by atoms with van der Waals surface area (Å²) < 4.78 is 38.2. The average Bonchev–Trinajstić information content (AvgIpc) is 3.15. The molecular weight excluding hydrogens is 407 g/mol. The molecule has 1 unspecified atom stereocenters. The van der Waals surface area contributed by atoms with Crippen LogP contribution in [0.3, 0.4) is 0 Å². The second-order valence-electron chi connectivity index (χ2n) is 6.50. The Labute approximate surface area is 166 Å². The highest BCUT2D eigenvalue weighted by molar-refractivity contribution is 8.16. The summed E-state index contributed by atoms with van der Waals surface area (Å²) in [7, 11) is 0. The Morgan fingerprint density at radius 2 is 1.90 bits per heavy atom. The van der Waals surface area contributed by atoms with E-state index in [0.717, 1.165) is 28.7 Å². The van der Waals surface area contributed by atoms with Crippen molar-refractivity contribution in [2.75, 3.05) is 11.1 Å². The van der Waals surface area contributed by atoms with Gasteiger partial charge in [-0.15, -0.1) is 10.2 Å². The van der Waals surface area contributed by atoms with E-state index in [1.807, 2.05) is 0 Å². The summed E-state index contributed by atoms with van der Waals surface area (Å²) in [5.74, 6) is 0.525. The number of alkyl halides is 3. The number of carbonyl (C=O) groups excluding carboxylic acids is 1. The largest absolute Gasteiger partial charge is 0.416 e. The van der Waals surface area contributed by atoms with E-state index in [1.165, 1.54) is 12.1 Å². The number of thioether (sulfide) groups is 1.